The van der Waals surface area contributed by atoms with E-state index in [-0.39, 0.29) is 39.5 Å². The first-order valence-electron chi connectivity index (χ1n) is 8.76. The fourth-order valence-electron chi connectivity index (χ4n) is 5.71. The molecule has 2 bridgehead atoms. The van der Waals surface area contributed by atoms with E-state index < -0.39 is 5.91 Å². The molecule has 1 aliphatic heterocycles. The molecule has 2 aliphatic carbocycles. The van der Waals surface area contributed by atoms with Crippen LogP contribution in [0.5, 0.6) is 5.75 Å². The standard InChI is InChI=1S/C19H24N2O3.BrH/c1-21(2)8-7-19-10-12(22)4-6-14(19)15(21)9-11-3-5-13(18(20)24)17(23)16(11)19;/h3,5,14-15H,4,6-10H2,1-2H3,(H2-,20,23,24);1H/t14-,15?,19?;/m0./s1. The van der Waals surface area contributed by atoms with Crippen LogP contribution in [-0.4, -0.2) is 48.0 Å². The average Bonchev–Trinajstić information content (AvgIpc) is 2.50. The van der Waals surface area contributed by atoms with Gasteiger partial charge in [0.25, 0.3) is 5.91 Å². The monoisotopic (exact) mass is 408 g/mol. The molecule has 1 saturated carbocycles. The molecule has 1 heterocycles. The van der Waals surface area contributed by atoms with E-state index in [2.05, 4.69) is 14.1 Å². The number of rotatable bonds is 1. The number of piperidine rings is 1. The van der Waals surface area contributed by atoms with Crippen LogP contribution in [0.15, 0.2) is 12.1 Å². The Bertz CT molecular complexity index is 761. The number of phenols is 1. The van der Waals surface area contributed by atoms with Crippen LogP contribution < -0.4 is 22.7 Å². The molecule has 25 heavy (non-hydrogen) atoms. The summed E-state index contributed by atoms with van der Waals surface area (Å²) in [6.07, 6.45) is 3.75. The van der Waals surface area contributed by atoms with E-state index in [9.17, 15) is 14.7 Å². The number of likely N-dealkylation sites (N-methyl/N-ethyl adjacent to an activating group) is 1. The van der Waals surface area contributed by atoms with E-state index >= 15 is 0 Å². The lowest BCUT2D eigenvalue weighted by Gasteiger charge is -2.60. The van der Waals surface area contributed by atoms with Crippen LogP contribution in [0.3, 0.4) is 0 Å². The SMILES string of the molecule is C[N+]1(C)CCC23CC(=O)CC[C@H]2C1Cc1ccc(C(N)=O)c(O)c13.[Br-]. The number of amides is 1. The normalized spacial score (nSPS) is 32.2. The van der Waals surface area contributed by atoms with E-state index in [1.54, 1.807) is 6.07 Å². The number of nitrogens with zero attached hydrogens (tertiary/aromatic N) is 1. The van der Waals surface area contributed by atoms with Crippen molar-refractivity contribution in [2.24, 2.45) is 11.7 Å². The van der Waals surface area contributed by atoms with Crippen molar-refractivity contribution >= 4 is 11.7 Å². The van der Waals surface area contributed by atoms with E-state index in [0.717, 1.165) is 41.4 Å². The van der Waals surface area contributed by atoms with Crippen LogP contribution in [0.4, 0.5) is 0 Å². The summed E-state index contributed by atoms with van der Waals surface area (Å²) >= 11 is 0. The number of hydrogen-bond acceptors (Lipinski definition) is 3. The lowest BCUT2D eigenvalue weighted by molar-refractivity contribution is -0.927. The second-order valence-electron chi connectivity index (χ2n) is 8.40. The molecule has 3 atom stereocenters. The maximum atomic E-state index is 12.3. The smallest absolute Gasteiger partial charge is 0.252 e. The van der Waals surface area contributed by atoms with Crippen LogP contribution in [0.1, 0.15) is 47.2 Å². The first kappa shape index (κ1) is 18.4. The molecule has 136 valence electrons. The van der Waals surface area contributed by atoms with Gasteiger partial charge in [-0.1, -0.05) is 6.07 Å². The van der Waals surface area contributed by atoms with Gasteiger partial charge < -0.3 is 32.3 Å². The third kappa shape index (κ3) is 2.45. The highest BCUT2D eigenvalue weighted by atomic mass is 79.9. The van der Waals surface area contributed by atoms with Crippen molar-refractivity contribution < 1.29 is 36.2 Å². The summed E-state index contributed by atoms with van der Waals surface area (Å²) in [6.45, 7) is 0.980. The molecule has 1 aromatic carbocycles. The Morgan fingerprint density at radius 3 is 2.76 bits per heavy atom. The number of primary amides is 1. The van der Waals surface area contributed by atoms with Gasteiger partial charge in [-0.3, -0.25) is 9.59 Å². The predicted molar refractivity (Wildman–Crippen MR) is 89.7 cm³/mol. The Labute approximate surface area is 158 Å². The minimum atomic E-state index is -0.612. The van der Waals surface area contributed by atoms with Crippen molar-refractivity contribution in [1.29, 1.82) is 0 Å². The number of fused-ring (bicyclic) bond motifs is 1. The van der Waals surface area contributed by atoms with Gasteiger partial charge in [0.15, 0.2) is 0 Å². The van der Waals surface area contributed by atoms with Crippen molar-refractivity contribution in [2.45, 2.75) is 43.6 Å². The topological polar surface area (TPSA) is 80.4 Å². The van der Waals surface area contributed by atoms with Crippen molar-refractivity contribution in [3.63, 3.8) is 0 Å². The van der Waals surface area contributed by atoms with Gasteiger partial charge in [-0.05, 0) is 18.1 Å². The Kier molecular flexibility index (Phi) is 4.27. The average molecular weight is 409 g/mol. The second-order valence-corrected chi connectivity index (χ2v) is 8.40. The van der Waals surface area contributed by atoms with Gasteiger partial charge in [-0.25, -0.2) is 0 Å². The number of carbonyl (C=O) groups excluding carboxylic acids is 2. The van der Waals surface area contributed by atoms with Crippen molar-refractivity contribution in [3.8, 4) is 5.75 Å². The maximum absolute atomic E-state index is 12.3. The first-order valence-corrected chi connectivity index (χ1v) is 8.76. The fraction of sp³-hybridized carbons (Fsp3) is 0.579. The molecule has 4 rings (SSSR count). The Morgan fingerprint density at radius 2 is 2.08 bits per heavy atom. The van der Waals surface area contributed by atoms with E-state index in [1.165, 1.54) is 0 Å². The van der Waals surface area contributed by atoms with Crippen molar-refractivity contribution in [3.05, 3.63) is 28.8 Å². The molecule has 0 aromatic heterocycles. The van der Waals surface area contributed by atoms with Crippen LogP contribution in [0.2, 0.25) is 0 Å². The number of ketones is 1. The summed E-state index contributed by atoms with van der Waals surface area (Å²) in [7, 11) is 4.54. The molecule has 3 N–H and O–H groups in total. The largest absolute Gasteiger partial charge is 1.00 e. The van der Waals surface area contributed by atoms with Crippen molar-refractivity contribution in [2.75, 3.05) is 20.6 Å². The van der Waals surface area contributed by atoms with Gasteiger partial charge in [0.1, 0.15) is 11.5 Å². The number of quaternary nitrogens is 1. The quantitative estimate of drug-likeness (QED) is 0.555. The van der Waals surface area contributed by atoms with Crippen LogP contribution in [0, 0.1) is 5.92 Å². The minimum absolute atomic E-state index is 0. The predicted octanol–water partition coefficient (Wildman–Crippen LogP) is -1.49. The Balaban J connectivity index is 0.00000182. The zero-order valence-electron chi connectivity index (χ0n) is 14.7. The van der Waals surface area contributed by atoms with Gasteiger partial charge in [-0.15, -0.1) is 0 Å². The molecule has 1 saturated heterocycles. The molecular formula is C19H25BrN2O3. The van der Waals surface area contributed by atoms with Gasteiger partial charge in [0.05, 0.1) is 32.2 Å². The molecule has 2 unspecified atom stereocenters. The molecule has 5 nitrogen and oxygen atoms in total. The lowest BCUT2D eigenvalue weighted by atomic mass is 9.51. The number of likely N-dealkylation sites (tertiary alicyclic amines) is 1. The highest BCUT2D eigenvalue weighted by Gasteiger charge is 2.60. The van der Waals surface area contributed by atoms with Crippen molar-refractivity contribution in [1.82, 2.24) is 0 Å². The lowest BCUT2D eigenvalue weighted by Crippen LogP contribution is -3.00. The summed E-state index contributed by atoms with van der Waals surface area (Å²) in [5, 5.41) is 10.8. The molecular weight excluding hydrogens is 384 g/mol. The van der Waals surface area contributed by atoms with E-state index in [4.69, 9.17) is 5.73 Å². The molecule has 6 heteroatoms. The summed E-state index contributed by atoms with van der Waals surface area (Å²) in [6, 6.07) is 4.02. The number of halogens is 1. The zero-order chi connectivity index (χ0) is 17.3. The number of carbonyl (C=O) groups is 2. The van der Waals surface area contributed by atoms with E-state index in [0.29, 0.717) is 24.8 Å². The van der Waals surface area contributed by atoms with Crippen LogP contribution in [0.25, 0.3) is 0 Å². The zero-order valence-corrected chi connectivity index (χ0v) is 16.3. The number of Topliss-reactive ketones (excluding diaryl/α,β-unsaturated/α-hetero) is 1. The molecule has 1 amide bonds. The Morgan fingerprint density at radius 1 is 1.36 bits per heavy atom. The van der Waals surface area contributed by atoms with Gasteiger partial charge in [0, 0.05) is 42.6 Å². The Hall–Kier alpha value is -1.40. The molecule has 3 aliphatic rings. The van der Waals surface area contributed by atoms with Gasteiger partial charge >= 0.3 is 0 Å². The number of nitrogens with two attached hydrogens (primary N) is 1. The summed E-state index contributed by atoms with van der Waals surface area (Å²) in [5.41, 5.74) is 7.22. The highest BCUT2D eigenvalue weighted by molar-refractivity contribution is 5.96. The second kappa shape index (κ2) is 5.81. The fourth-order valence-corrected chi connectivity index (χ4v) is 5.71. The molecule has 2 fully saturated rings. The summed E-state index contributed by atoms with van der Waals surface area (Å²) < 4.78 is 0.957. The van der Waals surface area contributed by atoms with Crippen LogP contribution in [-0.2, 0) is 16.6 Å². The van der Waals surface area contributed by atoms with Crippen LogP contribution >= 0.6 is 0 Å². The summed E-state index contributed by atoms with van der Waals surface area (Å²) in [4.78, 5) is 24.0. The first-order chi connectivity index (χ1) is 11.3. The third-order valence-corrected chi connectivity index (χ3v) is 6.91. The highest BCUT2D eigenvalue weighted by Crippen LogP contribution is 2.58. The molecule has 0 spiro atoms. The molecule has 1 aromatic rings. The maximum Gasteiger partial charge on any atom is 0.252 e. The molecule has 0 radical (unpaired) electrons. The van der Waals surface area contributed by atoms with Gasteiger partial charge in [-0.2, -0.15) is 0 Å². The number of aromatic hydroxyl groups is 1. The number of hydrogen-bond donors (Lipinski definition) is 2. The van der Waals surface area contributed by atoms with Gasteiger partial charge in [0.2, 0.25) is 0 Å². The van der Waals surface area contributed by atoms with E-state index in [1.807, 2.05) is 6.07 Å². The third-order valence-electron chi connectivity index (χ3n) is 6.91. The summed E-state index contributed by atoms with van der Waals surface area (Å²) in [5.74, 6) is 0.0548. The number of benzene rings is 1. The minimum Gasteiger partial charge on any atom is -1.00 e.